The Hall–Kier alpha value is -0.390. The second-order valence-electron chi connectivity index (χ2n) is 4.20. The van der Waals surface area contributed by atoms with E-state index in [9.17, 15) is 0 Å². The van der Waals surface area contributed by atoms with E-state index < -0.39 is 0 Å². The largest absolute Gasteiger partial charge is 0.387 e. The molecule has 1 fully saturated rings. The van der Waals surface area contributed by atoms with Gasteiger partial charge in [0.05, 0.1) is 5.84 Å². The Morgan fingerprint density at radius 1 is 1.56 bits per heavy atom. The summed E-state index contributed by atoms with van der Waals surface area (Å²) in [7, 11) is 0. The Labute approximate surface area is 108 Å². The summed E-state index contributed by atoms with van der Waals surface area (Å²) >= 11 is 5.35. The zero-order valence-corrected chi connectivity index (χ0v) is 11.5. The van der Waals surface area contributed by atoms with E-state index in [1.165, 1.54) is 9.35 Å². The smallest absolute Gasteiger partial charge is 0.0937 e. The van der Waals surface area contributed by atoms with Gasteiger partial charge in [-0.2, -0.15) is 0 Å². The van der Waals surface area contributed by atoms with Crippen molar-refractivity contribution in [2.24, 2.45) is 11.7 Å². The van der Waals surface area contributed by atoms with Gasteiger partial charge in [0.15, 0.2) is 0 Å². The Balaban J connectivity index is 1.86. The van der Waals surface area contributed by atoms with Crippen LogP contribution in [0.25, 0.3) is 0 Å². The van der Waals surface area contributed by atoms with E-state index in [0.29, 0.717) is 11.8 Å². The second kappa shape index (κ2) is 5.29. The molecule has 0 amide bonds. The lowest BCUT2D eigenvalue weighted by atomic mass is 9.96. The van der Waals surface area contributed by atoms with E-state index in [0.717, 1.165) is 32.5 Å². The predicted molar refractivity (Wildman–Crippen MR) is 71.9 cm³/mol. The highest BCUT2D eigenvalue weighted by atomic mass is 79.9. The van der Waals surface area contributed by atoms with Crippen LogP contribution in [0.15, 0.2) is 15.9 Å². The van der Waals surface area contributed by atoms with Gasteiger partial charge in [-0.05, 0) is 53.3 Å². The molecule has 1 aliphatic rings. The highest BCUT2D eigenvalue weighted by Gasteiger charge is 2.21. The fraction of sp³-hybridized carbons (Fsp3) is 0.545. The van der Waals surface area contributed by atoms with Crippen LogP contribution in [0.5, 0.6) is 0 Å². The van der Waals surface area contributed by atoms with Crippen molar-refractivity contribution in [1.82, 2.24) is 4.90 Å². The SMILES string of the molecule is N=C(N)C1CCN(Cc2sccc2Br)CC1. The number of nitrogens with zero attached hydrogens (tertiary/aromatic N) is 1. The monoisotopic (exact) mass is 301 g/mol. The van der Waals surface area contributed by atoms with Crippen LogP contribution in [-0.4, -0.2) is 23.8 Å². The third-order valence-corrected chi connectivity index (χ3v) is 5.00. The van der Waals surface area contributed by atoms with Gasteiger partial charge >= 0.3 is 0 Å². The predicted octanol–water partition coefficient (Wildman–Crippen LogP) is 2.66. The molecule has 0 saturated carbocycles. The maximum atomic E-state index is 7.44. The summed E-state index contributed by atoms with van der Waals surface area (Å²) in [6, 6.07) is 2.10. The minimum atomic E-state index is 0.308. The Morgan fingerprint density at radius 3 is 2.75 bits per heavy atom. The molecule has 16 heavy (non-hydrogen) atoms. The molecule has 3 nitrogen and oxygen atoms in total. The van der Waals surface area contributed by atoms with Crippen LogP contribution in [0.3, 0.4) is 0 Å². The van der Waals surface area contributed by atoms with Crippen molar-refractivity contribution >= 4 is 33.1 Å². The molecule has 0 spiro atoms. The molecular weight excluding hydrogens is 286 g/mol. The summed E-state index contributed by atoms with van der Waals surface area (Å²) in [6.45, 7) is 3.12. The van der Waals surface area contributed by atoms with E-state index in [-0.39, 0.29) is 0 Å². The minimum absolute atomic E-state index is 0.308. The van der Waals surface area contributed by atoms with Gasteiger partial charge in [0.25, 0.3) is 0 Å². The molecule has 0 radical (unpaired) electrons. The Kier molecular flexibility index (Phi) is 4.00. The molecule has 0 aliphatic carbocycles. The molecule has 88 valence electrons. The second-order valence-corrected chi connectivity index (χ2v) is 6.05. The van der Waals surface area contributed by atoms with Crippen molar-refractivity contribution in [1.29, 1.82) is 5.41 Å². The molecule has 0 bridgehead atoms. The fourth-order valence-electron chi connectivity index (χ4n) is 2.04. The van der Waals surface area contributed by atoms with Crippen molar-refractivity contribution in [3.05, 3.63) is 20.8 Å². The number of hydrogen-bond donors (Lipinski definition) is 2. The van der Waals surface area contributed by atoms with Gasteiger partial charge in [0, 0.05) is 21.8 Å². The lowest BCUT2D eigenvalue weighted by Crippen LogP contribution is -2.37. The summed E-state index contributed by atoms with van der Waals surface area (Å²) in [5.74, 6) is 0.667. The van der Waals surface area contributed by atoms with Gasteiger partial charge in [-0.15, -0.1) is 11.3 Å². The van der Waals surface area contributed by atoms with Gasteiger partial charge in [-0.25, -0.2) is 0 Å². The van der Waals surface area contributed by atoms with Crippen LogP contribution in [0, 0.1) is 11.3 Å². The first-order valence-corrected chi connectivity index (χ1v) is 7.12. The van der Waals surface area contributed by atoms with Crippen molar-refractivity contribution in [3.63, 3.8) is 0 Å². The zero-order valence-electron chi connectivity index (χ0n) is 9.08. The summed E-state index contributed by atoms with van der Waals surface area (Å²) in [5, 5.41) is 9.55. The quantitative estimate of drug-likeness (QED) is 0.666. The van der Waals surface area contributed by atoms with Crippen LogP contribution in [0.4, 0.5) is 0 Å². The molecule has 2 heterocycles. The van der Waals surface area contributed by atoms with Gasteiger partial charge in [-0.3, -0.25) is 10.3 Å². The first-order chi connectivity index (χ1) is 7.66. The standard InChI is InChI=1S/C11H16BrN3S/c12-9-3-6-16-10(9)7-15-4-1-8(2-5-15)11(13)14/h3,6,8H,1-2,4-5,7H2,(H3,13,14). The van der Waals surface area contributed by atoms with E-state index >= 15 is 0 Å². The molecule has 5 heteroatoms. The van der Waals surface area contributed by atoms with Crippen LogP contribution in [0.1, 0.15) is 17.7 Å². The Morgan fingerprint density at radius 2 is 2.25 bits per heavy atom. The van der Waals surface area contributed by atoms with Crippen LogP contribution >= 0.6 is 27.3 Å². The fourth-order valence-corrected chi connectivity index (χ4v) is 3.56. The molecule has 2 rings (SSSR count). The lowest BCUT2D eigenvalue weighted by molar-refractivity contribution is 0.202. The topological polar surface area (TPSA) is 53.1 Å². The number of rotatable bonds is 3. The zero-order chi connectivity index (χ0) is 11.5. The number of nitrogens with one attached hydrogen (secondary N) is 1. The van der Waals surface area contributed by atoms with Gasteiger partial charge < -0.3 is 5.73 Å². The number of nitrogens with two attached hydrogens (primary N) is 1. The number of halogens is 1. The average Bonchev–Trinajstić information content (AvgIpc) is 2.65. The van der Waals surface area contributed by atoms with E-state index in [1.54, 1.807) is 11.3 Å². The number of thiophene rings is 1. The van der Waals surface area contributed by atoms with Gasteiger partial charge in [-0.1, -0.05) is 0 Å². The number of amidine groups is 1. The van der Waals surface area contributed by atoms with Crippen molar-refractivity contribution in [2.75, 3.05) is 13.1 Å². The van der Waals surface area contributed by atoms with Crippen LogP contribution in [-0.2, 0) is 6.54 Å². The molecule has 1 aliphatic heterocycles. The molecular formula is C11H16BrN3S. The molecule has 0 aromatic carbocycles. The highest BCUT2D eigenvalue weighted by Crippen LogP contribution is 2.26. The lowest BCUT2D eigenvalue weighted by Gasteiger charge is -2.31. The summed E-state index contributed by atoms with van der Waals surface area (Å²) in [4.78, 5) is 3.83. The van der Waals surface area contributed by atoms with Crippen LogP contribution < -0.4 is 5.73 Å². The number of piperidine rings is 1. The first-order valence-electron chi connectivity index (χ1n) is 5.45. The summed E-state index contributed by atoms with van der Waals surface area (Å²) < 4.78 is 1.21. The van der Waals surface area contributed by atoms with E-state index in [4.69, 9.17) is 11.1 Å². The normalized spacial score (nSPS) is 18.8. The van der Waals surface area contributed by atoms with Gasteiger partial charge in [0.2, 0.25) is 0 Å². The Bertz CT molecular complexity index is 369. The number of likely N-dealkylation sites (tertiary alicyclic amines) is 1. The van der Waals surface area contributed by atoms with Crippen LogP contribution in [0.2, 0.25) is 0 Å². The van der Waals surface area contributed by atoms with Crippen molar-refractivity contribution in [2.45, 2.75) is 19.4 Å². The molecule has 1 saturated heterocycles. The third kappa shape index (κ3) is 2.84. The summed E-state index contributed by atoms with van der Waals surface area (Å²) in [5.41, 5.74) is 5.53. The van der Waals surface area contributed by atoms with E-state index in [2.05, 4.69) is 32.3 Å². The first kappa shape index (κ1) is 12.1. The highest BCUT2D eigenvalue weighted by molar-refractivity contribution is 9.10. The number of hydrogen-bond acceptors (Lipinski definition) is 3. The summed E-state index contributed by atoms with van der Waals surface area (Å²) in [6.07, 6.45) is 2.05. The maximum absolute atomic E-state index is 7.44. The molecule has 0 atom stereocenters. The molecule has 3 N–H and O–H groups in total. The maximum Gasteiger partial charge on any atom is 0.0937 e. The average molecular weight is 302 g/mol. The van der Waals surface area contributed by atoms with Crippen molar-refractivity contribution < 1.29 is 0 Å². The van der Waals surface area contributed by atoms with Crippen molar-refractivity contribution in [3.8, 4) is 0 Å². The van der Waals surface area contributed by atoms with Gasteiger partial charge in [0.1, 0.15) is 0 Å². The minimum Gasteiger partial charge on any atom is -0.387 e. The molecule has 0 unspecified atom stereocenters. The van der Waals surface area contributed by atoms with E-state index in [1.807, 2.05) is 0 Å². The molecule has 1 aromatic heterocycles. The molecule has 1 aromatic rings. The third-order valence-electron chi connectivity index (χ3n) is 3.09.